The van der Waals surface area contributed by atoms with E-state index in [4.69, 9.17) is 0 Å². The Morgan fingerprint density at radius 3 is 2.06 bits per heavy atom. The Balaban J connectivity index is 2.61. The Morgan fingerprint density at radius 1 is 1.06 bits per heavy atom. The van der Waals surface area contributed by atoms with E-state index in [1.807, 2.05) is 0 Å². The highest BCUT2D eigenvalue weighted by Crippen LogP contribution is 2.17. The molecule has 0 amide bonds. The number of hydrogen-bond acceptors (Lipinski definition) is 1. The molecule has 0 saturated carbocycles. The molecule has 1 aromatic carbocycles. The Kier molecular flexibility index (Phi) is 5.01. The summed E-state index contributed by atoms with van der Waals surface area (Å²) in [5.74, 6) is 0.957. The predicted molar refractivity (Wildman–Crippen MR) is 69.7 cm³/mol. The van der Waals surface area contributed by atoms with Gasteiger partial charge in [-0.25, -0.2) is 0 Å². The molecule has 2 unspecified atom stereocenters. The van der Waals surface area contributed by atoms with E-state index in [2.05, 4.69) is 52.0 Å². The van der Waals surface area contributed by atoms with Crippen LogP contribution in [0.4, 0.5) is 0 Å². The molecule has 2 atom stereocenters. The molecule has 0 aliphatic rings. The molecule has 90 valence electrons. The Morgan fingerprint density at radius 2 is 1.62 bits per heavy atom. The van der Waals surface area contributed by atoms with Crippen LogP contribution < -0.4 is 0 Å². The van der Waals surface area contributed by atoms with Gasteiger partial charge in [-0.15, -0.1) is 0 Å². The third kappa shape index (κ3) is 3.64. The first-order valence-electron chi connectivity index (χ1n) is 6.31. The molecule has 0 fully saturated rings. The van der Waals surface area contributed by atoms with Gasteiger partial charge < -0.3 is 5.11 Å². The first kappa shape index (κ1) is 13.2. The van der Waals surface area contributed by atoms with E-state index in [0.29, 0.717) is 11.8 Å². The molecule has 0 spiro atoms. The first-order valence-corrected chi connectivity index (χ1v) is 6.31. The fourth-order valence-corrected chi connectivity index (χ4v) is 1.75. The van der Waals surface area contributed by atoms with Crippen LogP contribution in [0.3, 0.4) is 0 Å². The molecule has 1 rings (SSSR count). The van der Waals surface area contributed by atoms with Crippen molar-refractivity contribution in [2.45, 2.75) is 52.6 Å². The topological polar surface area (TPSA) is 20.2 Å². The number of rotatable bonds is 5. The maximum Gasteiger partial charge on any atom is 0.0605 e. The van der Waals surface area contributed by atoms with E-state index >= 15 is 0 Å². The molecule has 1 nitrogen and oxygen atoms in total. The zero-order valence-electron chi connectivity index (χ0n) is 10.9. The molecule has 0 aliphatic carbocycles. The van der Waals surface area contributed by atoms with E-state index in [0.717, 1.165) is 12.8 Å². The highest BCUT2D eigenvalue weighted by atomic mass is 16.3. The average molecular weight is 220 g/mol. The predicted octanol–water partition coefficient (Wildman–Crippen LogP) is 3.76. The minimum absolute atomic E-state index is 0.213. The summed E-state index contributed by atoms with van der Waals surface area (Å²) >= 11 is 0. The average Bonchev–Trinajstić information content (AvgIpc) is 2.28. The summed E-state index contributed by atoms with van der Waals surface area (Å²) in [4.78, 5) is 0. The third-order valence-electron chi connectivity index (χ3n) is 3.39. The lowest BCUT2D eigenvalue weighted by atomic mass is 9.94. The molecular weight excluding hydrogens is 196 g/mol. The first-order chi connectivity index (χ1) is 7.54. The second kappa shape index (κ2) is 6.05. The summed E-state index contributed by atoms with van der Waals surface area (Å²) in [5, 5.41) is 9.95. The van der Waals surface area contributed by atoms with Crippen molar-refractivity contribution in [1.29, 1.82) is 0 Å². The van der Waals surface area contributed by atoms with Crippen molar-refractivity contribution in [3.8, 4) is 0 Å². The molecule has 1 N–H and O–H groups in total. The van der Waals surface area contributed by atoms with Gasteiger partial charge in [-0.05, 0) is 29.4 Å². The van der Waals surface area contributed by atoms with Crippen LogP contribution >= 0.6 is 0 Å². The standard InChI is InChI=1S/C15H24O/c1-5-12(4)15(16)10-13-6-8-14(9-7-13)11(2)3/h6-9,11-12,15-16H,5,10H2,1-4H3. The van der Waals surface area contributed by atoms with Crippen LogP contribution in [0.15, 0.2) is 24.3 Å². The van der Waals surface area contributed by atoms with Gasteiger partial charge in [0.2, 0.25) is 0 Å². The highest BCUT2D eigenvalue weighted by molar-refractivity contribution is 5.25. The van der Waals surface area contributed by atoms with E-state index < -0.39 is 0 Å². The van der Waals surface area contributed by atoms with Crippen LogP contribution in [0, 0.1) is 5.92 Å². The van der Waals surface area contributed by atoms with Crippen molar-refractivity contribution in [2.75, 3.05) is 0 Å². The van der Waals surface area contributed by atoms with Gasteiger partial charge in [0.15, 0.2) is 0 Å². The summed E-state index contributed by atoms with van der Waals surface area (Å²) in [5.41, 5.74) is 2.60. The summed E-state index contributed by atoms with van der Waals surface area (Å²) in [7, 11) is 0. The van der Waals surface area contributed by atoms with Crippen molar-refractivity contribution < 1.29 is 5.11 Å². The Bertz CT molecular complexity index is 300. The monoisotopic (exact) mass is 220 g/mol. The second-order valence-corrected chi connectivity index (χ2v) is 5.05. The van der Waals surface area contributed by atoms with Crippen LogP contribution in [0.1, 0.15) is 51.2 Å². The minimum Gasteiger partial charge on any atom is -0.393 e. The van der Waals surface area contributed by atoms with Gasteiger partial charge in [-0.2, -0.15) is 0 Å². The Labute approximate surface area is 99.5 Å². The maximum absolute atomic E-state index is 9.95. The summed E-state index contributed by atoms with van der Waals surface area (Å²) in [6.45, 7) is 8.62. The molecule has 0 aromatic heterocycles. The molecule has 0 heterocycles. The maximum atomic E-state index is 9.95. The molecule has 0 radical (unpaired) electrons. The number of aliphatic hydroxyl groups is 1. The third-order valence-corrected chi connectivity index (χ3v) is 3.39. The van der Waals surface area contributed by atoms with Crippen molar-refractivity contribution in [2.24, 2.45) is 5.92 Å². The summed E-state index contributed by atoms with van der Waals surface area (Å²) in [6.07, 6.45) is 1.59. The molecule has 0 aliphatic heterocycles. The van der Waals surface area contributed by atoms with Crippen LogP contribution in [0.5, 0.6) is 0 Å². The van der Waals surface area contributed by atoms with Gasteiger partial charge in [0, 0.05) is 0 Å². The van der Waals surface area contributed by atoms with Gasteiger partial charge in [0.25, 0.3) is 0 Å². The van der Waals surface area contributed by atoms with Crippen LogP contribution in [-0.4, -0.2) is 11.2 Å². The number of benzene rings is 1. The van der Waals surface area contributed by atoms with E-state index in [9.17, 15) is 5.11 Å². The fraction of sp³-hybridized carbons (Fsp3) is 0.600. The Hall–Kier alpha value is -0.820. The molecular formula is C15H24O. The zero-order chi connectivity index (χ0) is 12.1. The number of hydrogen-bond donors (Lipinski definition) is 1. The van der Waals surface area contributed by atoms with Gasteiger partial charge in [0.05, 0.1) is 6.10 Å². The second-order valence-electron chi connectivity index (χ2n) is 5.05. The summed E-state index contributed by atoms with van der Waals surface area (Å²) < 4.78 is 0. The van der Waals surface area contributed by atoms with Crippen LogP contribution in [-0.2, 0) is 6.42 Å². The fourth-order valence-electron chi connectivity index (χ4n) is 1.75. The van der Waals surface area contributed by atoms with Crippen molar-refractivity contribution in [3.63, 3.8) is 0 Å². The molecule has 16 heavy (non-hydrogen) atoms. The quantitative estimate of drug-likeness (QED) is 0.801. The van der Waals surface area contributed by atoms with Crippen molar-refractivity contribution in [1.82, 2.24) is 0 Å². The van der Waals surface area contributed by atoms with Gasteiger partial charge in [0.1, 0.15) is 0 Å². The largest absolute Gasteiger partial charge is 0.393 e. The van der Waals surface area contributed by atoms with Gasteiger partial charge >= 0.3 is 0 Å². The molecule has 1 aromatic rings. The van der Waals surface area contributed by atoms with Crippen LogP contribution in [0.25, 0.3) is 0 Å². The lowest BCUT2D eigenvalue weighted by Gasteiger charge is -2.17. The minimum atomic E-state index is -0.213. The zero-order valence-corrected chi connectivity index (χ0v) is 10.9. The van der Waals surface area contributed by atoms with Crippen LogP contribution in [0.2, 0.25) is 0 Å². The van der Waals surface area contributed by atoms with Crippen molar-refractivity contribution in [3.05, 3.63) is 35.4 Å². The normalized spacial score (nSPS) is 15.1. The molecule has 0 saturated heterocycles. The summed E-state index contributed by atoms with van der Waals surface area (Å²) in [6, 6.07) is 8.62. The van der Waals surface area contributed by atoms with E-state index in [1.54, 1.807) is 0 Å². The van der Waals surface area contributed by atoms with Gasteiger partial charge in [-0.3, -0.25) is 0 Å². The lowest BCUT2D eigenvalue weighted by Crippen LogP contribution is -2.19. The molecule has 1 heteroatoms. The number of aliphatic hydroxyl groups excluding tert-OH is 1. The van der Waals surface area contributed by atoms with E-state index in [1.165, 1.54) is 11.1 Å². The highest BCUT2D eigenvalue weighted by Gasteiger charge is 2.12. The SMILES string of the molecule is CCC(C)C(O)Cc1ccc(C(C)C)cc1. The molecule has 0 bridgehead atoms. The lowest BCUT2D eigenvalue weighted by molar-refractivity contribution is 0.115. The van der Waals surface area contributed by atoms with Gasteiger partial charge in [-0.1, -0.05) is 58.4 Å². The smallest absolute Gasteiger partial charge is 0.0605 e. The van der Waals surface area contributed by atoms with E-state index in [-0.39, 0.29) is 6.10 Å². The van der Waals surface area contributed by atoms with Crippen molar-refractivity contribution >= 4 is 0 Å².